The first-order chi connectivity index (χ1) is 12.5. The fourth-order valence-electron chi connectivity index (χ4n) is 2.40. The van der Waals surface area contributed by atoms with Gasteiger partial charge >= 0.3 is 0 Å². The van der Waals surface area contributed by atoms with Crippen LogP contribution in [-0.4, -0.2) is 14.2 Å². The maximum absolute atomic E-state index is 12.3. The van der Waals surface area contributed by atoms with Gasteiger partial charge in [-0.25, -0.2) is 4.68 Å². The Morgan fingerprint density at radius 1 is 1.38 bits per heavy atom. The summed E-state index contributed by atoms with van der Waals surface area (Å²) in [6, 6.07) is 8.04. The van der Waals surface area contributed by atoms with E-state index in [1.807, 2.05) is 45.9 Å². The molecule has 26 heavy (non-hydrogen) atoms. The zero-order chi connectivity index (χ0) is 19.3. The zero-order valence-corrected chi connectivity index (χ0v) is 17.2. The number of hydrogen-bond acceptors (Lipinski definition) is 6. The van der Waals surface area contributed by atoms with Crippen molar-refractivity contribution in [2.24, 2.45) is 12.0 Å². The maximum Gasteiger partial charge on any atom is 0.280 e. The maximum atomic E-state index is 12.3. The van der Waals surface area contributed by atoms with E-state index in [2.05, 4.69) is 16.2 Å². The highest BCUT2D eigenvalue weighted by molar-refractivity contribution is 8.38. The second kappa shape index (κ2) is 9.06. The molecule has 0 radical (unpaired) electrons. The molecule has 5 nitrogen and oxygen atoms in total. The number of aliphatic imine (C=N–C) groups is 1. The number of nitrogens with zero attached hydrogens (tertiary/aromatic N) is 4. The minimum absolute atomic E-state index is 0.0846. The van der Waals surface area contributed by atoms with Gasteiger partial charge in [0, 0.05) is 18.4 Å². The van der Waals surface area contributed by atoms with E-state index in [1.54, 1.807) is 25.0 Å². The number of fused-ring (bicyclic) bond motifs is 1. The van der Waals surface area contributed by atoms with Crippen LogP contribution in [0.5, 0.6) is 0 Å². The van der Waals surface area contributed by atoms with Gasteiger partial charge in [-0.1, -0.05) is 49.5 Å². The fraction of sp³-hybridized carbons (Fsp3) is 0.368. The van der Waals surface area contributed by atoms with Crippen LogP contribution in [0.2, 0.25) is 0 Å². The summed E-state index contributed by atoms with van der Waals surface area (Å²) in [5.41, 5.74) is 3.53. The summed E-state index contributed by atoms with van der Waals surface area (Å²) < 4.78 is 2.20. The van der Waals surface area contributed by atoms with Crippen molar-refractivity contribution in [3.05, 3.63) is 57.0 Å². The lowest BCUT2D eigenvalue weighted by Gasteiger charge is -2.19. The van der Waals surface area contributed by atoms with Crippen molar-refractivity contribution < 1.29 is 0 Å². The molecule has 0 bridgehead atoms. The first kappa shape index (κ1) is 20.3. The summed E-state index contributed by atoms with van der Waals surface area (Å²) in [5, 5.41) is 13.3. The molecule has 1 aromatic carbocycles. The van der Waals surface area contributed by atoms with Crippen LogP contribution in [0, 0.1) is 18.3 Å². The van der Waals surface area contributed by atoms with E-state index in [9.17, 15) is 10.1 Å². The molecule has 0 amide bonds. The Hall–Kier alpha value is -2.04. The summed E-state index contributed by atoms with van der Waals surface area (Å²) in [6.07, 6.45) is 1.72. The Balaban J connectivity index is 0.00000117. The van der Waals surface area contributed by atoms with Gasteiger partial charge in [0.15, 0.2) is 0 Å². The Bertz CT molecular complexity index is 928. The smallest absolute Gasteiger partial charge is 0.267 e. The number of rotatable bonds is 2. The van der Waals surface area contributed by atoms with Gasteiger partial charge in [-0.05, 0) is 31.0 Å². The molecule has 0 saturated heterocycles. The molecule has 0 N–H and O–H groups in total. The van der Waals surface area contributed by atoms with Crippen molar-refractivity contribution >= 4 is 27.9 Å². The first-order valence-electron chi connectivity index (χ1n) is 8.44. The van der Waals surface area contributed by atoms with Gasteiger partial charge in [-0.3, -0.25) is 9.79 Å². The number of thioether (sulfide) groups is 2. The van der Waals surface area contributed by atoms with Crippen molar-refractivity contribution in [3.63, 3.8) is 0 Å². The molecule has 2 heterocycles. The molecule has 0 saturated carbocycles. The monoisotopic (exact) mass is 386 g/mol. The molecule has 0 fully saturated rings. The molecule has 0 spiro atoms. The Morgan fingerprint density at radius 3 is 2.81 bits per heavy atom. The van der Waals surface area contributed by atoms with Crippen LogP contribution in [0.25, 0.3) is 0 Å². The van der Waals surface area contributed by atoms with Gasteiger partial charge in [-0.15, -0.1) is 0 Å². The molecule has 1 aromatic heterocycles. The van der Waals surface area contributed by atoms with Gasteiger partial charge < -0.3 is 0 Å². The first-order valence-corrected chi connectivity index (χ1v) is 10.2. The Labute approximate surface area is 162 Å². The van der Waals surface area contributed by atoms with Crippen molar-refractivity contribution in [2.45, 2.75) is 44.4 Å². The molecule has 1 aliphatic heterocycles. The van der Waals surface area contributed by atoms with E-state index in [0.29, 0.717) is 16.2 Å². The van der Waals surface area contributed by atoms with Crippen LogP contribution in [0.1, 0.15) is 49.1 Å². The third-order valence-electron chi connectivity index (χ3n) is 3.80. The van der Waals surface area contributed by atoms with Crippen molar-refractivity contribution in [2.75, 3.05) is 0 Å². The van der Waals surface area contributed by atoms with E-state index in [-0.39, 0.29) is 11.6 Å². The standard InChI is InChI=1S/C17H16N4OS2.C2H6/c1-10-4-5-12(13(6-10)7-18)9-23-17-20-11(2)14-8-19-21(3)16(22)15(14)24-17;1-2/h4-6,8,11H,9H2,1-3H3;1-2H3. The number of hydrogen-bond donors (Lipinski definition) is 0. The van der Waals surface area contributed by atoms with Gasteiger partial charge in [0.1, 0.15) is 4.38 Å². The molecular formula is C19H22N4OS2. The van der Waals surface area contributed by atoms with Gasteiger partial charge in [-0.2, -0.15) is 10.4 Å². The SMILES string of the molecule is CC.Cc1ccc(CSC2=NC(C)c3cnn(C)c(=O)c3S2)c(C#N)c1. The van der Waals surface area contributed by atoms with E-state index in [4.69, 9.17) is 0 Å². The minimum Gasteiger partial charge on any atom is -0.267 e. The van der Waals surface area contributed by atoms with Crippen LogP contribution in [0.15, 0.2) is 39.1 Å². The highest BCUT2D eigenvalue weighted by atomic mass is 32.2. The molecular weight excluding hydrogens is 364 g/mol. The summed E-state index contributed by atoms with van der Waals surface area (Å²) in [4.78, 5) is 17.6. The second-order valence-corrected chi connectivity index (χ2v) is 7.81. The van der Waals surface area contributed by atoms with E-state index < -0.39 is 0 Å². The van der Waals surface area contributed by atoms with Crippen LogP contribution in [0.4, 0.5) is 0 Å². The lowest BCUT2D eigenvalue weighted by atomic mass is 10.1. The summed E-state index contributed by atoms with van der Waals surface area (Å²) in [7, 11) is 1.65. The third kappa shape index (κ3) is 4.37. The third-order valence-corrected chi connectivity index (χ3v) is 6.10. The molecule has 1 unspecified atom stereocenters. The average Bonchev–Trinajstić information content (AvgIpc) is 2.65. The van der Waals surface area contributed by atoms with Crippen LogP contribution < -0.4 is 5.56 Å². The molecule has 3 rings (SSSR count). The molecule has 2 aromatic rings. The lowest BCUT2D eigenvalue weighted by molar-refractivity contribution is 0.657. The minimum atomic E-state index is -0.0922. The van der Waals surface area contributed by atoms with Crippen LogP contribution in [-0.2, 0) is 12.8 Å². The summed E-state index contributed by atoms with van der Waals surface area (Å²) >= 11 is 2.96. The molecule has 1 aliphatic rings. The molecule has 7 heteroatoms. The Kier molecular flexibility index (Phi) is 7.06. The fourth-order valence-corrected chi connectivity index (χ4v) is 4.77. The van der Waals surface area contributed by atoms with Crippen molar-refractivity contribution in [1.29, 1.82) is 5.26 Å². The lowest BCUT2D eigenvalue weighted by Crippen LogP contribution is -2.24. The topological polar surface area (TPSA) is 71.0 Å². The predicted octanol–water partition coefficient (Wildman–Crippen LogP) is 4.44. The molecule has 136 valence electrons. The number of benzene rings is 1. The summed E-state index contributed by atoms with van der Waals surface area (Å²) in [6.45, 7) is 7.94. The Morgan fingerprint density at radius 2 is 2.12 bits per heavy atom. The van der Waals surface area contributed by atoms with Crippen LogP contribution >= 0.6 is 23.5 Å². The quantitative estimate of drug-likeness (QED) is 0.763. The zero-order valence-electron chi connectivity index (χ0n) is 15.6. The van der Waals surface area contributed by atoms with Gasteiger partial charge in [0.25, 0.3) is 5.56 Å². The van der Waals surface area contributed by atoms with Gasteiger partial charge in [0.2, 0.25) is 0 Å². The average molecular weight is 387 g/mol. The number of aryl methyl sites for hydroxylation is 2. The normalized spacial score (nSPS) is 15.2. The molecule has 1 atom stereocenters. The molecule has 0 aliphatic carbocycles. The number of aromatic nitrogens is 2. The highest BCUT2D eigenvalue weighted by Gasteiger charge is 2.23. The van der Waals surface area contributed by atoms with Crippen LogP contribution in [0.3, 0.4) is 0 Å². The van der Waals surface area contributed by atoms with Gasteiger partial charge in [0.05, 0.1) is 28.8 Å². The van der Waals surface area contributed by atoms with E-state index >= 15 is 0 Å². The largest absolute Gasteiger partial charge is 0.280 e. The highest BCUT2D eigenvalue weighted by Crippen LogP contribution is 2.37. The summed E-state index contributed by atoms with van der Waals surface area (Å²) in [5.74, 6) is 0.655. The number of nitriles is 1. The van der Waals surface area contributed by atoms with Crippen molar-refractivity contribution in [3.8, 4) is 6.07 Å². The van der Waals surface area contributed by atoms with Crippen molar-refractivity contribution in [1.82, 2.24) is 9.78 Å². The predicted molar refractivity (Wildman–Crippen MR) is 110 cm³/mol. The van der Waals surface area contributed by atoms with E-state index in [1.165, 1.54) is 16.4 Å². The second-order valence-electron chi connectivity index (χ2n) is 5.59. The van der Waals surface area contributed by atoms with E-state index in [0.717, 1.165) is 21.1 Å².